The zero-order valence-electron chi connectivity index (χ0n) is 6.15. The van der Waals surface area contributed by atoms with Gasteiger partial charge in [-0.25, -0.2) is 0 Å². The van der Waals surface area contributed by atoms with Gasteiger partial charge in [0.05, 0.1) is 0 Å². The molecular weight excluding hydrogens is 158 g/mol. The summed E-state index contributed by atoms with van der Waals surface area (Å²) in [6.07, 6.45) is 1.87. The maximum atomic E-state index is 11.0. The van der Waals surface area contributed by atoms with Crippen molar-refractivity contribution in [2.24, 2.45) is 0 Å². The van der Waals surface area contributed by atoms with Crippen molar-refractivity contribution in [3.05, 3.63) is 30.1 Å². The van der Waals surface area contributed by atoms with E-state index < -0.39 is 5.91 Å². The van der Waals surface area contributed by atoms with Gasteiger partial charge in [0.1, 0.15) is 5.69 Å². The van der Waals surface area contributed by atoms with Crippen LogP contribution in [0.4, 0.5) is 0 Å². The number of hydrogen-bond donors (Lipinski definition) is 2. The fraction of sp³-hybridized carbons (Fsp3) is 0. The number of aromatic nitrogens is 1. The summed E-state index contributed by atoms with van der Waals surface area (Å²) in [6.45, 7) is 0. The van der Waals surface area contributed by atoms with Crippen molar-refractivity contribution in [2.45, 2.75) is 0 Å². The normalized spacial score (nSPS) is 8.67. The monoisotopic (exact) mass is 165 g/mol. The largest absolute Gasteiger partial charge is 0.288 e. The highest BCUT2D eigenvalue weighted by atomic mass is 16.2. The molecule has 12 heavy (non-hydrogen) atoms. The summed E-state index contributed by atoms with van der Waals surface area (Å²) in [7, 11) is 0. The molecule has 0 aromatic carbocycles. The molecule has 2 N–H and O–H groups in total. The molecule has 62 valence electrons. The Hall–Kier alpha value is -1.91. The van der Waals surface area contributed by atoms with Gasteiger partial charge in [-0.2, -0.15) is 0 Å². The van der Waals surface area contributed by atoms with Gasteiger partial charge in [-0.15, -0.1) is 0 Å². The topological polar surface area (TPSA) is 71.1 Å². The lowest BCUT2D eigenvalue weighted by molar-refractivity contribution is -0.110. The van der Waals surface area contributed by atoms with Crippen LogP contribution in [0.2, 0.25) is 0 Å². The number of carbonyl (C=O) groups is 2. The first-order chi connectivity index (χ1) is 5.84. The number of hydrazine groups is 1. The van der Waals surface area contributed by atoms with Crippen LogP contribution >= 0.6 is 0 Å². The quantitative estimate of drug-likeness (QED) is 0.467. The molecule has 0 spiro atoms. The van der Waals surface area contributed by atoms with Crippen LogP contribution in [-0.4, -0.2) is 17.3 Å². The van der Waals surface area contributed by atoms with Crippen molar-refractivity contribution in [3.63, 3.8) is 0 Å². The van der Waals surface area contributed by atoms with E-state index in [0.717, 1.165) is 0 Å². The summed E-state index contributed by atoms with van der Waals surface area (Å²) in [5.74, 6) is -0.442. The lowest BCUT2D eigenvalue weighted by atomic mass is 10.3. The molecule has 0 saturated heterocycles. The van der Waals surface area contributed by atoms with Gasteiger partial charge < -0.3 is 0 Å². The van der Waals surface area contributed by atoms with E-state index in [0.29, 0.717) is 6.41 Å². The van der Waals surface area contributed by atoms with Gasteiger partial charge >= 0.3 is 0 Å². The maximum Gasteiger partial charge on any atom is 0.288 e. The number of nitrogens with one attached hydrogen (secondary N) is 2. The van der Waals surface area contributed by atoms with Crippen molar-refractivity contribution < 1.29 is 9.59 Å². The van der Waals surface area contributed by atoms with E-state index in [4.69, 9.17) is 0 Å². The third-order valence-corrected chi connectivity index (χ3v) is 1.14. The third kappa shape index (κ3) is 2.05. The Kier molecular flexibility index (Phi) is 2.78. The zero-order chi connectivity index (χ0) is 8.81. The van der Waals surface area contributed by atoms with Crippen LogP contribution < -0.4 is 10.9 Å². The fourth-order valence-corrected chi connectivity index (χ4v) is 0.656. The molecule has 5 heteroatoms. The molecule has 2 amide bonds. The van der Waals surface area contributed by atoms with Gasteiger partial charge in [-0.1, -0.05) is 6.07 Å². The molecule has 0 aliphatic rings. The molecule has 0 fully saturated rings. The average Bonchev–Trinajstić information content (AvgIpc) is 2.15. The summed E-state index contributed by atoms with van der Waals surface area (Å²) in [5.41, 5.74) is 4.41. The molecule has 0 aliphatic carbocycles. The van der Waals surface area contributed by atoms with E-state index in [1.165, 1.54) is 6.20 Å². The molecule has 0 saturated carbocycles. The van der Waals surface area contributed by atoms with E-state index in [1.54, 1.807) is 18.2 Å². The molecular formula is C7H7N3O2. The maximum absolute atomic E-state index is 11.0. The molecule has 5 nitrogen and oxygen atoms in total. The summed E-state index contributed by atoms with van der Waals surface area (Å²) in [6, 6.07) is 4.93. The Morgan fingerprint density at radius 2 is 2.33 bits per heavy atom. The summed E-state index contributed by atoms with van der Waals surface area (Å²) < 4.78 is 0. The zero-order valence-corrected chi connectivity index (χ0v) is 6.15. The van der Waals surface area contributed by atoms with E-state index in [1.807, 2.05) is 5.43 Å². The highest BCUT2D eigenvalue weighted by Gasteiger charge is 2.02. The van der Waals surface area contributed by atoms with Gasteiger partial charge in [-0.3, -0.25) is 25.4 Å². The van der Waals surface area contributed by atoms with Gasteiger partial charge in [0.2, 0.25) is 6.41 Å². The minimum atomic E-state index is -0.442. The smallest absolute Gasteiger partial charge is 0.277 e. The molecule has 0 radical (unpaired) electrons. The summed E-state index contributed by atoms with van der Waals surface area (Å²) in [5, 5.41) is 0. The van der Waals surface area contributed by atoms with E-state index in [2.05, 4.69) is 10.4 Å². The first-order valence-electron chi connectivity index (χ1n) is 3.25. The second kappa shape index (κ2) is 4.07. The van der Waals surface area contributed by atoms with Gasteiger partial charge in [0, 0.05) is 6.20 Å². The summed E-state index contributed by atoms with van der Waals surface area (Å²) in [4.78, 5) is 24.6. The second-order valence-electron chi connectivity index (χ2n) is 1.93. The molecule has 0 atom stereocenters. The fourth-order valence-electron chi connectivity index (χ4n) is 0.656. The molecule has 0 bridgehead atoms. The van der Waals surface area contributed by atoms with Crippen molar-refractivity contribution >= 4 is 12.3 Å². The third-order valence-electron chi connectivity index (χ3n) is 1.14. The van der Waals surface area contributed by atoms with E-state index in [9.17, 15) is 9.59 Å². The van der Waals surface area contributed by atoms with E-state index in [-0.39, 0.29) is 5.69 Å². The van der Waals surface area contributed by atoms with Crippen molar-refractivity contribution in [2.75, 3.05) is 0 Å². The lowest BCUT2D eigenvalue weighted by Gasteiger charge is -1.99. The minimum absolute atomic E-state index is 0.256. The van der Waals surface area contributed by atoms with Gasteiger partial charge in [0.25, 0.3) is 5.91 Å². The predicted octanol–water partition coefficient (Wildman–Crippen LogP) is -0.528. The minimum Gasteiger partial charge on any atom is -0.277 e. The lowest BCUT2D eigenvalue weighted by Crippen LogP contribution is -2.36. The molecule has 1 rings (SSSR count). The van der Waals surface area contributed by atoms with Crippen LogP contribution in [0.15, 0.2) is 24.4 Å². The molecule has 1 aromatic heterocycles. The van der Waals surface area contributed by atoms with Gasteiger partial charge in [-0.05, 0) is 12.1 Å². The Balaban J connectivity index is 2.59. The predicted molar refractivity (Wildman–Crippen MR) is 40.9 cm³/mol. The van der Waals surface area contributed by atoms with Crippen molar-refractivity contribution in [1.82, 2.24) is 15.8 Å². The highest BCUT2D eigenvalue weighted by Crippen LogP contribution is 1.90. The Morgan fingerprint density at radius 1 is 1.50 bits per heavy atom. The molecule has 0 aliphatic heterocycles. The number of carbonyl (C=O) groups excluding carboxylic acids is 2. The Labute approximate surface area is 68.8 Å². The highest BCUT2D eigenvalue weighted by molar-refractivity contribution is 5.92. The SMILES string of the molecule is O=CNNC(=O)c1ccccn1. The Morgan fingerprint density at radius 3 is 2.92 bits per heavy atom. The summed E-state index contributed by atoms with van der Waals surface area (Å²) >= 11 is 0. The molecule has 0 unspecified atom stereocenters. The number of pyridine rings is 1. The molecule has 1 aromatic rings. The van der Waals surface area contributed by atoms with Crippen LogP contribution in [0, 0.1) is 0 Å². The van der Waals surface area contributed by atoms with Crippen molar-refractivity contribution in [3.8, 4) is 0 Å². The van der Waals surface area contributed by atoms with Crippen LogP contribution in [0.25, 0.3) is 0 Å². The van der Waals surface area contributed by atoms with Crippen LogP contribution in [0.3, 0.4) is 0 Å². The first kappa shape index (κ1) is 8.19. The van der Waals surface area contributed by atoms with Gasteiger partial charge in [0.15, 0.2) is 0 Å². The second-order valence-corrected chi connectivity index (χ2v) is 1.93. The van der Waals surface area contributed by atoms with Crippen LogP contribution in [0.1, 0.15) is 10.5 Å². The average molecular weight is 165 g/mol. The Bertz CT molecular complexity index is 273. The van der Waals surface area contributed by atoms with Crippen LogP contribution in [-0.2, 0) is 4.79 Å². The number of nitrogens with zero attached hydrogens (tertiary/aromatic N) is 1. The van der Waals surface area contributed by atoms with Crippen LogP contribution in [0.5, 0.6) is 0 Å². The number of amides is 2. The standard InChI is InChI=1S/C7H7N3O2/c11-5-9-10-7(12)6-3-1-2-4-8-6/h1-5H,(H,9,11)(H,10,12). The van der Waals surface area contributed by atoms with Crippen molar-refractivity contribution in [1.29, 1.82) is 0 Å². The number of rotatable bonds is 3. The van der Waals surface area contributed by atoms with E-state index >= 15 is 0 Å². The first-order valence-corrected chi connectivity index (χ1v) is 3.25. The molecule has 1 heterocycles. The number of hydrogen-bond acceptors (Lipinski definition) is 3.